The lowest BCUT2D eigenvalue weighted by Crippen LogP contribution is -2.41. The number of nitrogens with zero attached hydrogens (tertiary/aromatic N) is 3. The number of benzene rings is 1. The summed E-state index contributed by atoms with van der Waals surface area (Å²) < 4.78 is 3.70. The molecule has 6 nitrogen and oxygen atoms in total. The standard InChI is InChI=1S/C21H33N5O/c1-15-18(20(27)26(25(15)6)17-10-8-7-9-11-17)14-24(5)13-16-12-19(23-22-16)21(2,3)4/h7-11,16,19,22-23H,12-14H2,1-6H3. The first kappa shape index (κ1) is 19.9. The van der Waals surface area contributed by atoms with Crippen LogP contribution >= 0.6 is 0 Å². The molecular formula is C21H33N5O. The van der Waals surface area contributed by atoms with Crippen LogP contribution in [0.5, 0.6) is 0 Å². The normalized spacial score (nSPS) is 20.6. The summed E-state index contributed by atoms with van der Waals surface area (Å²) in [6, 6.07) is 10.7. The molecule has 2 aromatic rings. The van der Waals surface area contributed by atoms with Crippen molar-refractivity contribution >= 4 is 0 Å². The van der Waals surface area contributed by atoms with E-state index in [0.29, 0.717) is 18.6 Å². The number of likely N-dealkylation sites (N-methyl/N-ethyl adjacent to an activating group) is 1. The molecule has 2 heterocycles. The maximum atomic E-state index is 13.1. The van der Waals surface area contributed by atoms with Gasteiger partial charge in [-0.1, -0.05) is 39.0 Å². The van der Waals surface area contributed by atoms with Crippen LogP contribution in [0.15, 0.2) is 35.1 Å². The fraction of sp³-hybridized carbons (Fsp3) is 0.571. The molecule has 1 aliphatic rings. The number of hydrogen-bond acceptors (Lipinski definition) is 4. The SMILES string of the molecule is Cc1c(CN(C)CC2CC(C(C)(C)C)NN2)c(=O)n(-c2ccccc2)n1C. The number of hydrazine groups is 1. The summed E-state index contributed by atoms with van der Waals surface area (Å²) in [7, 11) is 4.04. The van der Waals surface area contributed by atoms with Crippen LogP contribution in [0.2, 0.25) is 0 Å². The minimum absolute atomic E-state index is 0.0677. The van der Waals surface area contributed by atoms with Gasteiger partial charge in [0, 0.05) is 37.9 Å². The van der Waals surface area contributed by atoms with Gasteiger partial charge in [0.25, 0.3) is 5.56 Å². The smallest absolute Gasteiger partial charge is 0.276 e. The van der Waals surface area contributed by atoms with E-state index in [1.54, 1.807) is 4.68 Å². The molecule has 0 radical (unpaired) electrons. The fourth-order valence-corrected chi connectivity index (χ4v) is 3.83. The van der Waals surface area contributed by atoms with E-state index in [2.05, 4.69) is 43.6 Å². The van der Waals surface area contributed by atoms with Crippen molar-refractivity contribution in [2.75, 3.05) is 13.6 Å². The Labute approximate surface area is 162 Å². The molecule has 0 bridgehead atoms. The van der Waals surface area contributed by atoms with E-state index in [-0.39, 0.29) is 11.0 Å². The molecule has 3 rings (SSSR count). The zero-order chi connectivity index (χ0) is 19.8. The number of hydrogen-bond donors (Lipinski definition) is 2. The zero-order valence-electron chi connectivity index (χ0n) is 17.4. The molecule has 0 aliphatic carbocycles. The van der Waals surface area contributed by atoms with Crippen LogP contribution in [0, 0.1) is 12.3 Å². The Morgan fingerprint density at radius 3 is 2.44 bits per heavy atom. The number of rotatable bonds is 5. The van der Waals surface area contributed by atoms with Gasteiger partial charge < -0.3 is 4.90 Å². The van der Waals surface area contributed by atoms with Gasteiger partial charge in [-0.25, -0.2) is 4.68 Å². The topological polar surface area (TPSA) is 54.2 Å². The number of nitrogens with one attached hydrogen (secondary N) is 2. The minimum atomic E-state index is 0.0677. The molecule has 0 spiro atoms. The lowest BCUT2D eigenvalue weighted by molar-refractivity contribution is 0.277. The highest BCUT2D eigenvalue weighted by Crippen LogP contribution is 2.25. The molecule has 2 atom stereocenters. The molecule has 0 amide bonds. The first-order valence-corrected chi connectivity index (χ1v) is 9.71. The summed E-state index contributed by atoms with van der Waals surface area (Å²) in [6.07, 6.45) is 1.09. The van der Waals surface area contributed by atoms with Gasteiger partial charge in [-0.2, -0.15) is 0 Å². The minimum Gasteiger partial charge on any atom is -0.300 e. The first-order chi connectivity index (χ1) is 12.7. The van der Waals surface area contributed by atoms with Gasteiger partial charge in [-0.3, -0.25) is 20.3 Å². The summed E-state index contributed by atoms with van der Waals surface area (Å²) in [5, 5.41) is 0. The van der Waals surface area contributed by atoms with Gasteiger partial charge in [0.05, 0.1) is 11.3 Å². The zero-order valence-corrected chi connectivity index (χ0v) is 17.4. The van der Waals surface area contributed by atoms with Crippen molar-refractivity contribution in [3.63, 3.8) is 0 Å². The summed E-state index contributed by atoms with van der Waals surface area (Å²) in [5.74, 6) is 0. The van der Waals surface area contributed by atoms with Crippen LogP contribution in [-0.4, -0.2) is 39.9 Å². The van der Waals surface area contributed by atoms with E-state index < -0.39 is 0 Å². The molecule has 2 unspecified atom stereocenters. The predicted molar refractivity (Wildman–Crippen MR) is 110 cm³/mol. The molecule has 6 heteroatoms. The Bertz CT molecular complexity index is 831. The Morgan fingerprint density at radius 2 is 1.85 bits per heavy atom. The van der Waals surface area contributed by atoms with Crippen molar-refractivity contribution < 1.29 is 0 Å². The Balaban J connectivity index is 1.72. The van der Waals surface area contributed by atoms with Crippen LogP contribution in [0.3, 0.4) is 0 Å². The highest BCUT2D eigenvalue weighted by atomic mass is 16.1. The summed E-state index contributed by atoms with van der Waals surface area (Å²) in [4.78, 5) is 15.3. The fourth-order valence-electron chi connectivity index (χ4n) is 3.83. The van der Waals surface area contributed by atoms with Crippen molar-refractivity contribution in [3.05, 3.63) is 51.9 Å². The number of aromatic nitrogens is 2. The lowest BCUT2D eigenvalue weighted by Gasteiger charge is -2.26. The van der Waals surface area contributed by atoms with Crippen molar-refractivity contribution in [2.24, 2.45) is 12.5 Å². The molecular weight excluding hydrogens is 338 g/mol. The van der Waals surface area contributed by atoms with Crippen LogP contribution < -0.4 is 16.4 Å². The predicted octanol–water partition coefficient (Wildman–Crippen LogP) is 2.20. The van der Waals surface area contributed by atoms with E-state index in [1.165, 1.54) is 0 Å². The van der Waals surface area contributed by atoms with Crippen molar-refractivity contribution in [1.82, 2.24) is 25.1 Å². The molecule has 2 N–H and O–H groups in total. The van der Waals surface area contributed by atoms with E-state index in [9.17, 15) is 4.79 Å². The average Bonchev–Trinajstić information content (AvgIpc) is 3.15. The average molecular weight is 372 g/mol. The van der Waals surface area contributed by atoms with Gasteiger partial charge in [0.15, 0.2) is 0 Å². The molecule has 0 saturated carbocycles. The molecule has 1 saturated heterocycles. The van der Waals surface area contributed by atoms with Gasteiger partial charge in [0.1, 0.15) is 0 Å². The van der Waals surface area contributed by atoms with Gasteiger partial charge in [-0.15, -0.1) is 0 Å². The van der Waals surface area contributed by atoms with Crippen LogP contribution in [0.1, 0.15) is 38.4 Å². The molecule has 27 heavy (non-hydrogen) atoms. The molecule has 148 valence electrons. The van der Waals surface area contributed by atoms with Crippen molar-refractivity contribution in [3.8, 4) is 5.69 Å². The maximum absolute atomic E-state index is 13.1. The summed E-state index contributed by atoms with van der Waals surface area (Å²) in [5.41, 5.74) is 9.93. The molecule has 1 aromatic carbocycles. The van der Waals surface area contributed by atoms with Crippen molar-refractivity contribution in [1.29, 1.82) is 0 Å². The first-order valence-electron chi connectivity index (χ1n) is 9.71. The van der Waals surface area contributed by atoms with Crippen LogP contribution in [0.25, 0.3) is 5.69 Å². The van der Waals surface area contributed by atoms with E-state index in [4.69, 9.17) is 0 Å². The quantitative estimate of drug-likeness (QED) is 0.846. The highest BCUT2D eigenvalue weighted by Gasteiger charge is 2.33. The summed E-state index contributed by atoms with van der Waals surface area (Å²) >= 11 is 0. The lowest BCUT2D eigenvalue weighted by atomic mass is 9.84. The largest absolute Gasteiger partial charge is 0.300 e. The Kier molecular flexibility index (Phi) is 5.60. The molecule has 1 aliphatic heterocycles. The van der Waals surface area contributed by atoms with Crippen molar-refractivity contribution in [2.45, 2.75) is 52.7 Å². The second kappa shape index (κ2) is 7.62. The van der Waals surface area contributed by atoms with Crippen LogP contribution in [-0.2, 0) is 13.6 Å². The maximum Gasteiger partial charge on any atom is 0.276 e. The van der Waals surface area contributed by atoms with Crippen LogP contribution in [0.4, 0.5) is 0 Å². The van der Waals surface area contributed by atoms with E-state index >= 15 is 0 Å². The van der Waals surface area contributed by atoms with E-state index in [0.717, 1.165) is 29.9 Å². The van der Waals surface area contributed by atoms with Gasteiger partial charge in [0.2, 0.25) is 0 Å². The third-order valence-electron chi connectivity index (χ3n) is 5.66. The highest BCUT2D eigenvalue weighted by molar-refractivity contribution is 5.33. The van der Waals surface area contributed by atoms with Gasteiger partial charge in [-0.05, 0) is 37.9 Å². The number of para-hydroxylation sites is 1. The third kappa shape index (κ3) is 4.18. The van der Waals surface area contributed by atoms with Gasteiger partial charge >= 0.3 is 0 Å². The van der Waals surface area contributed by atoms with E-state index in [1.807, 2.05) is 49.0 Å². The molecule has 1 fully saturated rings. The Morgan fingerprint density at radius 1 is 1.19 bits per heavy atom. The monoisotopic (exact) mass is 371 g/mol. The Hall–Kier alpha value is -1.89. The second-order valence-electron chi connectivity index (χ2n) is 8.88. The summed E-state index contributed by atoms with van der Waals surface area (Å²) in [6.45, 7) is 10.4. The third-order valence-corrected chi connectivity index (χ3v) is 5.66. The second-order valence-corrected chi connectivity index (χ2v) is 8.88. The molecule has 1 aromatic heterocycles.